The number of benzene rings is 2. The normalized spacial score (nSPS) is 11.6. The van der Waals surface area contributed by atoms with Crippen molar-refractivity contribution in [3.63, 3.8) is 0 Å². The van der Waals surface area contributed by atoms with E-state index in [4.69, 9.17) is 4.74 Å². The Hall–Kier alpha value is -3.15. The third-order valence-corrected chi connectivity index (χ3v) is 3.92. The van der Waals surface area contributed by atoms with Gasteiger partial charge in [-0.25, -0.2) is 4.79 Å². The molecule has 6 nitrogen and oxygen atoms in total. The molecule has 0 aromatic heterocycles. The SMILES string of the molecule is CC(=O)Nc1cccc(C(=O)O[C@@H](C)C(=O)Nc2ccc(C(C)C)cc2)c1. The van der Waals surface area contributed by atoms with Crippen molar-refractivity contribution in [2.24, 2.45) is 0 Å². The molecule has 0 unspecified atom stereocenters. The van der Waals surface area contributed by atoms with Crippen molar-refractivity contribution in [2.75, 3.05) is 10.6 Å². The van der Waals surface area contributed by atoms with E-state index in [0.717, 1.165) is 0 Å². The maximum absolute atomic E-state index is 12.3. The number of hydrogen-bond donors (Lipinski definition) is 2. The molecule has 0 aliphatic rings. The van der Waals surface area contributed by atoms with Crippen LogP contribution in [0.2, 0.25) is 0 Å². The van der Waals surface area contributed by atoms with Gasteiger partial charge in [0.25, 0.3) is 5.91 Å². The van der Waals surface area contributed by atoms with Crippen LogP contribution in [0.15, 0.2) is 48.5 Å². The molecule has 0 aliphatic heterocycles. The molecule has 6 heteroatoms. The van der Waals surface area contributed by atoms with E-state index in [9.17, 15) is 14.4 Å². The third-order valence-electron chi connectivity index (χ3n) is 3.92. The first-order valence-electron chi connectivity index (χ1n) is 8.75. The van der Waals surface area contributed by atoms with Crippen molar-refractivity contribution in [1.82, 2.24) is 0 Å². The van der Waals surface area contributed by atoms with Gasteiger partial charge in [0.15, 0.2) is 6.10 Å². The van der Waals surface area contributed by atoms with Gasteiger partial charge in [-0.3, -0.25) is 9.59 Å². The molecule has 2 N–H and O–H groups in total. The first-order valence-corrected chi connectivity index (χ1v) is 8.75. The summed E-state index contributed by atoms with van der Waals surface area (Å²) in [4.78, 5) is 35.6. The van der Waals surface area contributed by atoms with E-state index < -0.39 is 18.0 Å². The van der Waals surface area contributed by atoms with Gasteiger partial charge < -0.3 is 15.4 Å². The molecule has 0 spiro atoms. The summed E-state index contributed by atoms with van der Waals surface area (Å²) in [5, 5.41) is 5.32. The van der Waals surface area contributed by atoms with Crippen molar-refractivity contribution in [3.8, 4) is 0 Å². The van der Waals surface area contributed by atoms with Gasteiger partial charge in [0.2, 0.25) is 5.91 Å². The molecule has 1 atom stereocenters. The van der Waals surface area contributed by atoms with Crippen LogP contribution in [-0.4, -0.2) is 23.9 Å². The Morgan fingerprint density at radius 3 is 2.15 bits per heavy atom. The quantitative estimate of drug-likeness (QED) is 0.756. The highest BCUT2D eigenvalue weighted by Gasteiger charge is 2.19. The van der Waals surface area contributed by atoms with Crippen LogP contribution in [0.25, 0.3) is 0 Å². The predicted molar refractivity (Wildman–Crippen MR) is 105 cm³/mol. The molecule has 2 aromatic carbocycles. The lowest BCUT2D eigenvalue weighted by Gasteiger charge is -2.14. The molecule has 142 valence electrons. The zero-order valence-electron chi connectivity index (χ0n) is 15.9. The molecule has 0 fully saturated rings. The molecule has 0 bridgehead atoms. The van der Waals surface area contributed by atoms with E-state index in [1.807, 2.05) is 24.3 Å². The number of esters is 1. The number of anilines is 2. The zero-order valence-corrected chi connectivity index (χ0v) is 15.9. The van der Waals surface area contributed by atoms with Gasteiger partial charge >= 0.3 is 5.97 Å². The minimum atomic E-state index is -0.966. The van der Waals surface area contributed by atoms with Crippen molar-refractivity contribution in [1.29, 1.82) is 0 Å². The van der Waals surface area contributed by atoms with Crippen molar-refractivity contribution in [3.05, 3.63) is 59.7 Å². The maximum Gasteiger partial charge on any atom is 0.338 e. The fraction of sp³-hybridized carbons (Fsp3) is 0.286. The molecule has 2 rings (SSSR count). The Labute approximate surface area is 158 Å². The Balaban J connectivity index is 1.97. The number of carbonyl (C=O) groups excluding carboxylic acids is 3. The molecule has 0 heterocycles. The highest BCUT2D eigenvalue weighted by Crippen LogP contribution is 2.18. The molecule has 27 heavy (non-hydrogen) atoms. The number of carbonyl (C=O) groups is 3. The zero-order chi connectivity index (χ0) is 20.0. The molecule has 0 aliphatic carbocycles. The largest absolute Gasteiger partial charge is 0.449 e. The highest BCUT2D eigenvalue weighted by atomic mass is 16.5. The summed E-state index contributed by atoms with van der Waals surface area (Å²) in [5.74, 6) is -0.890. The monoisotopic (exact) mass is 368 g/mol. The van der Waals surface area contributed by atoms with E-state index in [0.29, 0.717) is 17.3 Å². The number of ether oxygens (including phenoxy) is 1. The van der Waals surface area contributed by atoms with Gasteiger partial charge in [-0.15, -0.1) is 0 Å². The van der Waals surface area contributed by atoms with Crippen molar-refractivity contribution >= 4 is 29.2 Å². The average molecular weight is 368 g/mol. The number of amides is 2. The maximum atomic E-state index is 12.3. The summed E-state index contributed by atoms with van der Waals surface area (Å²) < 4.78 is 5.23. The number of nitrogens with one attached hydrogen (secondary N) is 2. The lowest BCUT2D eigenvalue weighted by molar-refractivity contribution is -0.123. The second-order valence-corrected chi connectivity index (χ2v) is 6.58. The van der Waals surface area contributed by atoms with Gasteiger partial charge in [-0.1, -0.05) is 32.0 Å². The molecule has 2 aromatic rings. The summed E-state index contributed by atoms with van der Waals surface area (Å²) in [6, 6.07) is 13.9. The minimum absolute atomic E-state index is 0.239. The second-order valence-electron chi connectivity index (χ2n) is 6.58. The highest BCUT2D eigenvalue weighted by molar-refractivity contribution is 5.98. The summed E-state index contributed by atoms with van der Waals surface area (Å²) >= 11 is 0. The van der Waals surface area contributed by atoms with E-state index in [-0.39, 0.29) is 11.5 Å². The molecule has 2 amide bonds. The Morgan fingerprint density at radius 2 is 1.56 bits per heavy atom. The van der Waals surface area contributed by atoms with Crippen LogP contribution in [-0.2, 0) is 14.3 Å². The molecular weight excluding hydrogens is 344 g/mol. The van der Waals surface area contributed by atoms with E-state index in [2.05, 4.69) is 24.5 Å². The lowest BCUT2D eigenvalue weighted by Crippen LogP contribution is -2.30. The predicted octanol–water partition coefficient (Wildman–Crippen LogP) is 3.95. The van der Waals surface area contributed by atoms with Gasteiger partial charge in [0, 0.05) is 18.3 Å². The molecular formula is C21H24N2O4. The van der Waals surface area contributed by atoms with Crippen LogP contribution in [0.5, 0.6) is 0 Å². The molecule has 0 radical (unpaired) electrons. The third kappa shape index (κ3) is 5.95. The first-order chi connectivity index (χ1) is 12.8. The summed E-state index contributed by atoms with van der Waals surface area (Å²) in [5.41, 5.74) is 2.55. The minimum Gasteiger partial charge on any atom is -0.449 e. The van der Waals surface area contributed by atoms with Crippen LogP contribution >= 0.6 is 0 Å². The Morgan fingerprint density at radius 1 is 0.889 bits per heavy atom. The van der Waals surface area contributed by atoms with Crippen LogP contribution in [0.4, 0.5) is 11.4 Å². The van der Waals surface area contributed by atoms with Crippen LogP contribution in [0.1, 0.15) is 49.5 Å². The van der Waals surface area contributed by atoms with E-state index in [1.165, 1.54) is 25.5 Å². The van der Waals surface area contributed by atoms with Gasteiger partial charge in [0.1, 0.15) is 0 Å². The summed E-state index contributed by atoms with van der Waals surface area (Å²) in [6.07, 6.45) is -0.966. The fourth-order valence-electron chi connectivity index (χ4n) is 2.40. The van der Waals surface area contributed by atoms with Crippen molar-refractivity contribution < 1.29 is 19.1 Å². The van der Waals surface area contributed by atoms with Gasteiger partial charge in [-0.2, -0.15) is 0 Å². The number of hydrogen-bond acceptors (Lipinski definition) is 4. The summed E-state index contributed by atoms with van der Waals surface area (Å²) in [7, 11) is 0. The van der Waals surface area contributed by atoms with Crippen LogP contribution in [0.3, 0.4) is 0 Å². The smallest absolute Gasteiger partial charge is 0.338 e. The van der Waals surface area contributed by atoms with E-state index >= 15 is 0 Å². The molecule has 0 saturated carbocycles. The lowest BCUT2D eigenvalue weighted by atomic mass is 10.0. The summed E-state index contributed by atoms with van der Waals surface area (Å²) in [6.45, 7) is 7.07. The second kappa shape index (κ2) is 8.98. The number of rotatable bonds is 6. The first kappa shape index (κ1) is 20.2. The van der Waals surface area contributed by atoms with Crippen LogP contribution < -0.4 is 10.6 Å². The fourth-order valence-corrected chi connectivity index (χ4v) is 2.40. The Bertz CT molecular complexity index is 828. The average Bonchev–Trinajstić information content (AvgIpc) is 2.61. The van der Waals surface area contributed by atoms with Gasteiger partial charge in [-0.05, 0) is 48.7 Å². The topological polar surface area (TPSA) is 84.5 Å². The van der Waals surface area contributed by atoms with Gasteiger partial charge in [0.05, 0.1) is 5.56 Å². The van der Waals surface area contributed by atoms with E-state index in [1.54, 1.807) is 18.2 Å². The van der Waals surface area contributed by atoms with Crippen molar-refractivity contribution in [2.45, 2.75) is 39.7 Å². The standard InChI is InChI=1S/C21H24N2O4/c1-13(2)16-8-10-18(11-9-16)23-20(25)14(3)27-21(26)17-6-5-7-19(12-17)22-15(4)24/h5-14H,1-4H3,(H,22,24)(H,23,25)/t14-/m0/s1. The molecule has 0 saturated heterocycles. The Kier molecular flexibility index (Phi) is 6.71. The van der Waals surface area contributed by atoms with Crippen LogP contribution in [0, 0.1) is 0 Å².